The zero-order valence-electron chi connectivity index (χ0n) is 14.6. The van der Waals surface area contributed by atoms with Crippen LogP contribution in [-0.2, 0) is 9.53 Å². The second-order valence-corrected chi connectivity index (χ2v) is 6.72. The van der Waals surface area contributed by atoms with E-state index in [0.717, 1.165) is 18.2 Å². The van der Waals surface area contributed by atoms with Gasteiger partial charge < -0.3 is 19.4 Å². The summed E-state index contributed by atoms with van der Waals surface area (Å²) < 4.78 is 11.1. The Bertz CT molecular complexity index is 849. The number of allylic oxidation sites excluding steroid dienone is 2. The molecule has 0 saturated carbocycles. The third kappa shape index (κ3) is 3.37. The Morgan fingerprint density at radius 1 is 1.19 bits per heavy atom. The van der Waals surface area contributed by atoms with E-state index in [0.29, 0.717) is 44.0 Å². The standard InChI is InChI=1S/C20H22N2O4/c23-17(13-14-5-1-2-6-14)21-18-15-7-3-4-8-16(15)26-19(18)20(24)22-9-11-25-12-10-22/h1,3-5,7-8,14H,2,6,9-13H2,(H,21,23)/t14-/m1/s1. The van der Waals surface area contributed by atoms with Crippen LogP contribution in [0.1, 0.15) is 29.8 Å². The van der Waals surface area contributed by atoms with Gasteiger partial charge in [0.15, 0.2) is 0 Å². The molecule has 1 aliphatic heterocycles. The minimum atomic E-state index is -0.208. The molecule has 0 unspecified atom stereocenters. The molecule has 0 bridgehead atoms. The van der Waals surface area contributed by atoms with E-state index < -0.39 is 0 Å². The Labute approximate surface area is 151 Å². The second kappa shape index (κ2) is 7.33. The van der Waals surface area contributed by atoms with E-state index in [1.54, 1.807) is 11.0 Å². The minimum absolute atomic E-state index is 0.0934. The molecule has 26 heavy (non-hydrogen) atoms. The van der Waals surface area contributed by atoms with Crippen LogP contribution in [0, 0.1) is 5.92 Å². The molecule has 1 aromatic carbocycles. The number of rotatable bonds is 4. The van der Waals surface area contributed by atoms with Crippen molar-refractivity contribution >= 4 is 28.5 Å². The van der Waals surface area contributed by atoms with Gasteiger partial charge in [0.1, 0.15) is 11.3 Å². The molecule has 6 heteroatoms. The first kappa shape index (κ1) is 16.8. The lowest BCUT2D eigenvalue weighted by atomic mass is 10.0. The zero-order valence-corrected chi connectivity index (χ0v) is 14.6. The van der Waals surface area contributed by atoms with Crippen LogP contribution in [0.25, 0.3) is 11.0 Å². The Balaban J connectivity index is 1.61. The molecule has 2 aromatic rings. The number of carbonyl (C=O) groups excluding carboxylic acids is 2. The van der Waals surface area contributed by atoms with Gasteiger partial charge in [-0.1, -0.05) is 24.3 Å². The van der Waals surface area contributed by atoms with Crippen LogP contribution in [0.2, 0.25) is 0 Å². The quantitative estimate of drug-likeness (QED) is 0.856. The van der Waals surface area contributed by atoms with Crippen molar-refractivity contribution in [3.8, 4) is 0 Å². The first-order valence-electron chi connectivity index (χ1n) is 9.07. The average Bonchev–Trinajstić information content (AvgIpc) is 3.30. The minimum Gasteiger partial charge on any atom is -0.449 e. The van der Waals surface area contributed by atoms with Crippen molar-refractivity contribution in [3.63, 3.8) is 0 Å². The van der Waals surface area contributed by atoms with Crippen molar-refractivity contribution in [2.75, 3.05) is 31.6 Å². The highest BCUT2D eigenvalue weighted by molar-refractivity contribution is 6.10. The Morgan fingerprint density at radius 2 is 2.00 bits per heavy atom. The molecule has 1 fully saturated rings. The fraction of sp³-hybridized carbons (Fsp3) is 0.400. The number of amides is 2. The molecular formula is C20H22N2O4. The third-order valence-corrected chi connectivity index (χ3v) is 4.91. The SMILES string of the molecule is O=C(C[C@@H]1C=CCC1)Nc1c(C(=O)N2CCOCC2)oc2ccccc12. The molecule has 2 heterocycles. The highest BCUT2D eigenvalue weighted by atomic mass is 16.5. The molecule has 1 atom stereocenters. The van der Waals surface area contributed by atoms with E-state index in [9.17, 15) is 9.59 Å². The van der Waals surface area contributed by atoms with Crippen molar-refractivity contribution in [3.05, 3.63) is 42.2 Å². The number of hydrogen-bond acceptors (Lipinski definition) is 4. The summed E-state index contributed by atoms with van der Waals surface area (Å²) in [6, 6.07) is 7.39. The lowest BCUT2D eigenvalue weighted by Gasteiger charge is -2.26. The van der Waals surface area contributed by atoms with Crippen molar-refractivity contribution in [1.29, 1.82) is 0 Å². The molecular weight excluding hydrogens is 332 g/mol. The molecule has 4 rings (SSSR count). The first-order valence-corrected chi connectivity index (χ1v) is 9.07. The molecule has 1 aliphatic carbocycles. The smallest absolute Gasteiger partial charge is 0.291 e. The van der Waals surface area contributed by atoms with Gasteiger partial charge in [0.05, 0.1) is 13.2 Å². The van der Waals surface area contributed by atoms with E-state index in [4.69, 9.17) is 9.15 Å². The fourth-order valence-electron chi connectivity index (χ4n) is 3.52. The van der Waals surface area contributed by atoms with E-state index in [1.807, 2.05) is 18.2 Å². The van der Waals surface area contributed by atoms with Crippen molar-refractivity contribution in [1.82, 2.24) is 4.90 Å². The van der Waals surface area contributed by atoms with Crippen LogP contribution in [0.3, 0.4) is 0 Å². The third-order valence-electron chi connectivity index (χ3n) is 4.91. The summed E-state index contributed by atoms with van der Waals surface area (Å²) in [4.78, 5) is 27.2. The van der Waals surface area contributed by atoms with Gasteiger partial charge in [0, 0.05) is 24.9 Å². The molecule has 1 aromatic heterocycles. The summed E-state index contributed by atoms with van der Waals surface area (Å²) in [7, 11) is 0. The maximum Gasteiger partial charge on any atom is 0.291 e. The van der Waals surface area contributed by atoms with Crippen LogP contribution >= 0.6 is 0 Å². The highest BCUT2D eigenvalue weighted by Crippen LogP contribution is 2.32. The molecule has 136 valence electrons. The number of nitrogens with one attached hydrogen (secondary N) is 1. The Hall–Kier alpha value is -2.60. The van der Waals surface area contributed by atoms with Gasteiger partial charge in [-0.25, -0.2) is 0 Å². The molecule has 2 aliphatic rings. The summed E-state index contributed by atoms with van der Waals surface area (Å²) >= 11 is 0. The summed E-state index contributed by atoms with van der Waals surface area (Å²) in [5.74, 6) is 0.166. The number of fused-ring (bicyclic) bond motifs is 1. The molecule has 1 saturated heterocycles. The monoisotopic (exact) mass is 354 g/mol. The number of furan rings is 1. The summed E-state index contributed by atoms with van der Waals surface area (Å²) in [5, 5.41) is 3.68. The molecule has 6 nitrogen and oxygen atoms in total. The van der Waals surface area contributed by atoms with Crippen molar-refractivity contribution in [2.24, 2.45) is 5.92 Å². The summed E-state index contributed by atoms with van der Waals surface area (Å²) in [6.07, 6.45) is 6.64. The Kier molecular flexibility index (Phi) is 4.75. The average molecular weight is 354 g/mol. The van der Waals surface area contributed by atoms with Gasteiger partial charge >= 0.3 is 0 Å². The fourth-order valence-corrected chi connectivity index (χ4v) is 3.52. The molecule has 0 spiro atoms. The summed E-state index contributed by atoms with van der Waals surface area (Å²) in [6.45, 7) is 2.08. The summed E-state index contributed by atoms with van der Waals surface area (Å²) in [5.41, 5.74) is 1.07. The highest BCUT2D eigenvalue weighted by Gasteiger charge is 2.28. The number of hydrogen-bond donors (Lipinski definition) is 1. The normalized spacial score (nSPS) is 19.8. The van der Waals surface area contributed by atoms with Crippen molar-refractivity contribution < 1.29 is 18.7 Å². The lowest BCUT2D eigenvalue weighted by Crippen LogP contribution is -2.40. The van der Waals surface area contributed by atoms with Gasteiger partial charge in [0.2, 0.25) is 11.7 Å². The van der Waals surface area contributed by atoms with Crippen LogP contribution < -0.4 is 5.32 Å². The van der Waals surface area contributed by atoms with Gasteiger partial charge in [-0.15, -0.1) is 0 Å². The van der Waals surface area contributed by atoms with Crippen LogP contribution in [0.5, 0.6) is 0 Å². The lowest BCUT2D eigenvalue weighted by molar-refractivity contribution is -0.116. The number of carbonyl (C=O) groups is 2. The zero-order chi connectivity index (χ0) is 17.9. The molecule has 0 radical (unpaired) electrons. The van der Waals surface area contributed by atoms with Gasteiger partial charge in [-0.2, -0.15) is 0 Å². The number of anilines is 1. The topological polar surface area (TPSA) is 71.8 Å². The van der Waals surface area contributed by atoms with Gasteiger partial charge in [0.25, 0.3) is 5.91 Å². The largest absolute Gasteiger partial charge is 0.449 e. The second-order valence-electron chi connectivity index (χ2n) is 6.72. The number of benzene rings is 1. The number of para-hydroxylation sites is 1. The van der Waals surface area contributed by atoms with Crippen molar-refractivity contribution in [2.45, 2.75) is 19.3 Å². The van der Waals surface area contributed by atoms with Gasteiger partial charge in [-0.3, -0.25) is 9.59 Å². The van der Waals surface area contributed by atoms with E-state index >= 15 is 0 Å². The number of morpholine rings is 1. The van der Waals surface area contributed by atoms with Crippen LogP contribution in [0.15, 0.2) is 40.8 Å². The molecule has 2 amide bonds. The van der Waals surface area contributed by atoms with Gasteiger partial charge in [-0.05, 0) is 30.9 Å². The van der Waals surface area contributed by atoms with Crippen LogP contribution in [0.4, 0.5) is 5.69 Å². The Morgan fingerprint density at radius 3 is 2.77 bits per heavy atom. The predicted octanol–water partition coefficient (Wildman–Crippen LogP) is 3.20. The van der Waals surface area contributed by atoms with E-state index in [1.165, 1.54) is 0 Å². The number of ether oxygens (including phenoxy) is 1. The number of nitrogens with zero attached hydrogens (tertiary/aromatic N) is 1. The van der Waals surface area contributed by atoms with Crippen LogP contribution in [-0.4, -0.2) is 43.0 Å². The predicted molar refractivity (Wildman–Crippen MR) is 98.0 cm³/mol. The van der Waals surface area contributed by atoms with E-state index in [2.05, 4.69) is 17.5 Å². The maximum atomic E-state index is 12.9. The van der Waals surface area contributed by atoms with E-state index in [-0.39, 0.29) is 23.5 Å². The molecule has 1 N–H and O–H groups in total. The first-order chi connectivity index (χ1) is 12.7. The maximum absolute atomic E-state index is 12.9.